The molecular formula is C7H11N3O2. The van der Waals surface area contributed by atoms with E-state index in [-0.39, 0.29) is 0 Å². The molecule has 5 nitrogen and oxygen atoms in total. The van der Waals surface area contributed by atoms with E-state index >= 15 is 0 Å². The summed E-state index contributed by atoms with van der Waals surface area (Å²) < 4.78 is 9.74. The molecule has 66 valence electrons. The van der Waals surface area contributed by atoms with Crippen molar-refractivity contribution >= 4 is 5.82 Å². The molecule has 1 rings (SSSR count). The minimum Gasteiger partial charge on any atom is -0.481 e. The Morgan fingerprint density at radius 3 is 2.75 bits per heavy atom. The smallest absolute Gasteiger partial charge is 0.218 e. The van der Waals surface area contributed by atoms with E-state index in [0.717, 1.165) is 0 Å². The van der Waals surface area contributed by atoms with Crippen molar-refractivity contribution in [1.29, 1.82) is 0 Å². The molecule has 1 aromatic heterocycles. The molecule has 0 atom stereocenters. The van der Waals surface area contributed by atoms with E-state index in [2.05, 4.69) is 9.97 Å². The maximum absolute atomic E-state index is 5.48. The average Bonchev–Trinajstić information content (AvgIpc) is 2.04. The van der Waals surface area contributed by atoms with Gasteiger partial charge in [0, 0.05) is 13.2 Å². The first-order chi connectivity index (χ1) is 5.76. The first-order valence-electron chi connectivity index (χ1n) is 3.42. The molecule has 0 saturated heterocycles. The van der Waals surface area contributed by atoms with E-state index in [4.69, 9.17) is 15.2 Å². The number of hydrogen-bond donors (Lipinski definition) is 1. The molecule has 0 spiro atoms. The van der Waals surface area contributed by atoms with Gasteiger partial charge >= 0.3 is 0 Å². The summed E-state index contributed by atoms with van der Waals surface area (Å²) >= 11 is 0. The second kappa shape index (κ2) is 3.87. The number of ether oxygens (including phenoxy) is 2. The summed E-state index contributed by atoms with van der Waals surface area (Å²) in [5.41, 5.74) is 5.48. The van der Waals surface area contributed by atoms with Crippen LogP contribution in [0.4, 0.5) is 5.82 Å². The lowest BCUT2D eigenvalue weighted by Gasteiger charge is -2.02. The van der Waals surface area contributed by atoms with Gasteiger partial charge in [-0.2, -0.15) is 4.98 Å². The lowest BCUT2D eigenvalue weighted by Crippen LogP contribution is -2.02. The fourth-order valence-corrected chi connectivity index (χ4v) is 0.790. The topological polar surface area (TPSA) is 70.3 Å². The van der Waals surface area contributed by atoms with Gasteiger partial charge in [-0.1, -0.05) is 0 Å². The molecule has 0 aromatic carbocycles. The van der Waals surface area contributed by atoms with Crippen LogP contribution < -0.4 is 10.5 Å². The predicted octanol–water partition coefficient (Wildman–Crippen LogP) is 0.214. The Morgan fingerprint density at radius 1 is 1.42 bits per heavy atom. The largest absolute Gasteiger partial charge is 0.481 e. The highest BCUT2D eigenvalue weighted by Crippen LogP contribution is 2.10. The molecule has 0 bridgehead atoms. The van der Waals surface area contributed by atoms with Gasteiger partial charge in [-0.3, -0.25) is 0 Å². The van der Waals surface area contributed by atoms with Crippen molar-refractivity contribution in [1.82, 2.24) is 9.97 Å². The zero-order valence-electron chi connectivity index (χ0n) is 7.07. The quantitative estimate of drug-likeness (QED) is 0.700. The van der Waals surface area contributed by atoms with E-state index in [9.17, 15) is 0 Å². The molecule has 12 heavy (non-hydrogen) atoms. The highest BCUT2D eigenvalue weighted by molar-refractivity contribution is 5.32. The van der Waals surface area contributed by atoms with Crippen LogP contribution in [-0.2, 0) is 11.3 Å². The van der Waals surface area contributed by atoms with E-state index in [1.54, 1.807) is 13.2 Å². The molecule has 2 N–H and O–H groups in total. The fraction of sp³-hybridized carbons (Fsp3) is 0.429. The third kappa shape index (κ3) is 2.06. The van der Waals surface area contributed by atoms with Gasteiger partial charge in [0.15, 0.2) is 5.82 Å². The van der Waals surface area contributed by atoms with Gasteiger partial charge in [0.1, 0.15) is 12.4 Å². The second-order valence-corrected chi connectivity index (χ2v) is 2.18. The number of nitrogens with zero attached hydrogens (tertiary/aromatic N) is 2. The van der Waals surface area contributed by atoms with Crippen LogP contribution in [0.2, 0.25) is 0 Å². The molecule has 0 saturated carbocycles. The number of anilines is 1. The van der Waals surface area contributed by atoms with Gasteiger partial charge < -0.3 is 15.2 Å². The van der Waals surface area contributed by atoms with Crippen LogP contribution >= 0.6 is 0 Å². The SMILES string of the molecule is COCc1nc(N)cc(OC)n1. The summed E-state index contributed by atoms with van der Waals surface area (Å²) in [5, 5.41) is 0. The lowest BCUT2D eigenvalue weighted by atomic mass is 10.5. The highest BCUT2D eigenvalue weighted by atomic mass is 16.5. The molecule has 0 fully saturated rings. The van der Waals surface area contributed by atoms with Crippen LogP contribution in [0.25, 0.3) is 0 Å². The van der Waals surface area contributed by atoms with Crippen LogP contribution in [0.1, 0.15) is 5.82 Å². The Labute approximate surface area is 70.5 Å². The molecule has 1 aromatic rings. The highest BCUT2D eigenvalue weighted by Gasteiger charge is 2.01. The zero-order valence-corrected chi connectivity index (χ0v) is 7.07. The van der Waals surface area contributed by atoms with Gasteiger partial charge in [-0.25, -0.2) is 4.98 Å². The van der Waals surface area contributed by atoms with Crippen LogP contribution in [0.15, 0.2) is 6.07 Å². The van der Waals surface area contributed by atoms with Gasteiger partial charge in [0.2, 0.25) is 5.88 Å². The minimum atomic E-state index is 0.335. The number of hydrogen-bond acceptors (Lipinski definition) is 5. The second-order valence-electron chi connectivity index (χ2n) is 2.18. The Morgan fingerprint density at radius 2 is 2.17 bits per heavy atom. The molecule has 5 heteroatoms. The fourth-order valence-electron chi connectivity index (χ4n) is 0.790. The molecule has 0 radical (unpaired) electrons. The lowest BCUT2D eigenvalue weighted by molar-refractivity contribution is 0.177. The van der Waals surface area contributed by atoms with Crippen molar-refractivity contribution in [3.05, 3.63) is 11.9 Å². The van der Waals surface area contributed by atoms with Crippen LogP contribution in [-0.4, -0.2) is 24.2 Å². The summed E-state index contributed by atoms with van der Waals surface area (Å²) in [6.07, 6.45) is 0. The summed E-state index contributed by atoms with van der Waals surface area (Å²) in [6, 6.07) is 1.55. The molecular weight excluding hydrogens is 158 g/mol. The summed E-state index contributed by atoms with van der Waals surface area (Å²) in [4.78, 5) is 7.94. The molecule has 0 amide bonds. The van der Waals surface area contributed by atoms with Crippen molar-refractivity contribution in [3.63, 3.8) is 0 Å². The van der Waals surface area contributed by atoms with Crippen LogP contribution in [0, 0.1) is 0 Å². The summed E-state index contributed by atoms with van der Waals surface area (Å²) in [6.45, 7) is 0.335. The number of methoxy groups -OCH3 is 2. The third-order valence-corrected chi connectivity index (χ3v) is 1.25. The van der Waals surface area contributed by atoms with Crippen molar-refractivity contribution in [3.8, 4) is 5.88 Å². The van der Waals surface area contributed by atoms with E-state index in [0.29, 0.717) is 24.1 Å². The van der Waals surface area contributed by atoms with Gasteiger partial charge in [0.05, 0.1) is 7.11 Å². The number of rotatable bonds is 3. The Hall–Kier alpha value is -1.36. The minimum absolute atomic E-state index is 0.335. The maximum Gasteiger partial charge on any atom is 0.218 e. The molecule has 0 aliphatic carbocycles. The first kappa shape index (κ1) is 8.73. The predicted molar refractivity (Wildman–Crippen MR) is 43.7 cm³/mol. The van der Waals surface area contributed by atoms with Gasteiger partial charge in [-0.15, -0.1) is 0 Å². The number of nitrogens with two attached hydrogens (primary N) is 1. The Balaban J connectivity index is 2.90. The van der Waals surface area contributed by atoms with Crippen LogP contribution in [0.3, 0.4) is 0 Å². The van der Waals surface area contributed by atoms with Crippen LogP contribution in [0.5, 0.6) is 5.88 Å². The Kier molecular flexibility index (Phi) is 2.82. The van der Waals surface area contributed by atoms with E-state index in [1.165, 1.54) is 7.11 Å². The van der Waals surface area contributed by atoms with Crippen molar-refractivity contribution < 1.29 is 9.47 Å². The normalized spacial score (nSPS) is 9.83. The van der Waals surface area contributed by atoms with Gasteiger partial charge in [0.25, 0.3) is 0 Å². The monoisotopic (exact) mass is 169 g/mol. The summed E-state index contributed by atoms with van der Waals surface area (Å²) in [7, 11) is 3.09. The Bertz CT molecular complexity index is 265. The zero-order chi connectivity index (χ0) is 8.97. The number of nitrogen functional groups attached to an aromatic ring is 1. The van der Waals surface area contributed by atoms with E-state index in [1.807, 2.05) is 0 Å². The van der Waals surface area contributed by atoms with Gasteiger partial charge in [-0.05, 0) is 0 Å². The standard InChI is InChI=1S/C7H11N3O2/c1-11-4-6-9-5(8)3-7(10-6)12-2/h3H,4H2,1-2H3,(H2,8,9,10). The van der Waals surface area contributed by atoms with E-state index < -0.39 is 0 Å². The molecule has 1 heterocycles. The summed E-state index contributed by atoms with van der Waals surface area (Å²) in [5.74, 6) is 1.36. The van der Waals surface area contributed by atoms with Crippen molar-refractivity contribution in [2.45, 2.75) is 6.61 Å². The molecule has 0 unspecified atom stereocenters. The first-order valence-corrected chi connectivity index (χ1v) is 3.42. The average molecular weight is 169 g/mol. The molecule has 0 aliphatic rings. The third-order valence-electron chi connectivity index (χ3n) is 1.25. The van der Waals surface area contributed by atoms with Crippen molar-refractivity contribution in [2.75, 3.05) is 20.0 Å². The van der Waals surface area contributed by atoms with Crippen molar-refractivity contribution in [2.24, 2.45) is 0 Å². The number of aromatic nitrogens is 2. The molecule has 0 aliphatic heterocycles. The maximum atomic E-state index is 5.48.